The molecule has 3 rings (SSSR count). The highest BCUT2D eigenvalue weighted by Gasteiger charge is 2.33. The lowest BCUT2D eigenvalue weighted by Gasteiger charge is -2.27. The van der Waals surface area contributed by atoms with E-state index in [9.17, 15) is 14.4 Å². The van der Waals surface area contributed by atoms with Crippen LogP contribution in [0.25, 0.3) is 10.8 Å². The molecule has 1 aliphatic heterocycles. The first-order valence-corrected chi connectivity index (χ1v) is 9.39. The van der Waals surface area contributed by atoms with E-state index in [-0.39, 0.29) is 44.3 Å². The van der Waals surface area contributed by atoms with E-state index in [1.807, 2.05) is 19.9 Å². The van der Waals surface area contributed by atoms with Gasteiger partial charge >= 0.3 is 5.97 Å². The number of carbonyl (C=O) groups excluding carboxylic acids is 3. The average Bonchev–Trinajstić information content (AvgIpc) is 2.70. The van der Waals surface area contributed by atoms with E-state index >= 15 is 0 Å². The van der Waals surface area contributed by atoms with Gasteiger partial charge in [-0.05, 0) is 32.0 Å². The molecule has 2 aromatic carbocycles. The van der Waals surface area contributed by atoms with E-state index in [1.54, 1.807) is 24.3 Å². The summed E-state index contributed by atoms with van der Waals surface area (Å²) in [6, 6.07) is 8.80. The molecule has 0 fully saturated rings. The van der Waals surface area contributed by atoms with E-state index in [0.717, 1.165) is 11.5 Å². The molecule has 0 radical (unpaired) electrons. The van der Waals surface area contributed by atoms with Gasteiger partial charge in [-0.25, -0.2) is 4.79 Å². The van der Waals surface area contributed by atoms with Crippen molar-refractivity contribution in [1.29, 1.82) is 0 Å². The van der Waals surface area contributed by atoms with E-state index in [0.29, 0.717) is 22.3 Å². The lowest BCUT2D eigenvalue weighted by Crippen LogP contribution is -2.42. The normalized spacial score (nSPS) is 13.1. The van der Waals surface area contributed by atoms with Gasteiger partial charge < -0.3 is 14.2 Å². The van der Waals surface area contributed by atoms with Gasteiger partial charge in [0.2, 0.25) is 0 Å². The Balaban J connectivity index is 1.74. The molecule has 2 aromatic rings. The van der Waals surface area contributed by atoms with Crippen LogP contribution in [0.1, 0.15) is 34.6 Å². The molecule has 7 heteroatoms. The SMILES string of the molecule is C=CC(=O)OCCOCCN1C(=O)c2cccc3c(OC(C)C)ccc(c23)C1=O. The number of ether oxygens (including phenoxy) is 3. The van der Waals surface area contributed by atoms with Crippen LogP contribution in [0, 0.1) is 0 Å². The number of imide groups is 1. The molecule has 2 amide bonds. The molecule has 29 heavy (non-hydrogen) atoms. The second-order valence-electron chi connectivity index (χ2n) is 6.75. The van der Waals surface area contributed by atoms with Crippen LogP contribution in [0.5, 0.6) is 5.75 Å². The fraction of sp³-hybridized carbons (Fsp3) is 0.318. The maximum Gasteiger partial charge on any atom is 0.330 e. The van der Waals surface area contributed by atoms with Crippen LogP contribution in [-0.4, -0.2) is 55.2 Å². The fourth-order valence-corrected chi connectivity index (χ4v) is 3.20. The van der Waals surface area contributed by atoms with Crippen LogP contribution in [-0.2, 0) is 14.3 Å². The van der Waals surface area contributed by atoms with Crippen LogP contribution in [0.4, 0.5) is 0 Å². The predicted octanol–water partition coefficient (Wildman–Crippen LogP) is 2.97. The zero-order valence-electron chi connectivity index (χ0n) is 16.5. The standard InChI is InChI=1S/C22H23NO6/c1-4-19(24)28-13-12-27-11-10-23-21(25)16-7-5-6-15-18(29-14(2)3)9-8-17(20(15)16)22(23)26/h4-9,14H,1,10-13H2,2-3H3. The number of nitrogens with zero attached hydrogens (tertiary/aromatic N) is 1. The van der Waals surface area contributed by atoms with E-state index < -0.39 is 5.97 Å². The summed E-state index contributed by atoms with van der Waals surface area (Å²) in [4.78, 5) is 38.0. The van der Waals surface area contributed by atoms with Gasteiger partial charge in [-0.2, -0.15) is 0 Å². The van der Waals surface area contributed by atoms with Crippen LogP contribution in [0.2, 0.25) is 0 Å². The molecule has 0 aromatic heterocycles. The molecule has 0 N–H and O–H groups in total. The first-order valence-electron chi connectivity index (χ1n) is 9.39. The lowest BCUT2D eigenvalue weighted by molar-refractivity contribution is -0.139. The average molecular weight is 397 g/mol. The summed E-state index contributed by atoms with van der Waals surface area (Å²) in [6.07, 6.45) is 1.04. The molecular weight excluding hydrogens is 374 g/mol. The summed E-state index contributed by atoms with van der Waals surface area (Å²) in [5.74, 6) is -0.611. The molecule has 0 unspecified atom stereocenters. The molecule has 1 aliphatic rings. The number of esters is 1. The third-order valence-electron chi connectivity index (χ3n) is 4.41. The van der Waals surface area contributed by atoms with Crippen LogP contribution < -0.4 is 4.74 Å². The number of hydrogen-bond donors (Lipinski definition) is 0. The fourth-order valence-electron chi connectivity index (χ4n) is 3.20. The zero-order valence-corrected chi connectivity index (χ0v) is 16.5. The number of rotatable bonds is 9. The van der Waals surface area contributed by atoms with E-state index in [1.165, 1.54) is 4.90 Å². The molecule has 0 saturated heterocycles. The van der Waals surface area contributed by atoms with Crippen molar-refractivity contribution in [3.05, 3.63) is 54.1 Å². The van der Waals surface area contributed by atoms with Crippen LogP contribution in [0.3, 0.4) is 0 Å². The van der Waals surface area contributed by atoms with E-state index in [2.05, 4.69) is 6.58 Å². The summed E-state index contributed by atoms with van der Waals surface area (Å²) >= 11 is 0. The highest BCUT2D eigenvalue weighted by Crippen LogP contribution is 2.35. The minimum atomic E-state index is -0.527. The van der Waals surface area contributed by atoms with Gasteiger partial charge in [0, 0.05) is 28.0 Å². The zero-order chi connectivity index (χ0) is 21.0. The summed E-state index contributed by atoms with van der Waals surface area (Å²) in [7, 11) is 0. The first kappa shape index (κ1) is 20.5. The van der Waals surface area contributed by atoms with Crippen LogP contribution >= 0.6 is 0 Å². The summed E-state index contributed by atoms with van der Waals surface area (Å²) in [6.45, 7) is 7.63. The summed E-state index contributed by atoms with van der Waals surface area (Å²) in [5.41, 5.74) is 0.928. The molecule has 152 valence electrons. The van der Waals surface area contributed by atoms with Crippen molar-refractivity contribution < 1.29 is 28.6 Å². The Kier molecular flexibility index (Phi) is 6.29. The number of hydrogen-bond acceptors (Lipinski definition) is 6. The molecule has 0 saturated carbocycles. The second-order valence-corrected chi connectivity index (χ2v) is 6.75. The Bertz CT molecular complexity index is 943. The topological polar surface area (TPSA) is 82.1 Å². The minimum Gasteiger partial charge on any atom is -0.490 e. The Labute approximate surface area is 168 Å². The Morgan fingerprint density at radius 1 is 1.07 bits per heavy atom. The minimum absolute atomic E-state index is 0.0264. The quantitative estimate of drug-likeness (QED) is 0.280. The maximum atomic E-state index is 12.9. The Hall–Kier alpha value is -3.19. The predicted molar refractivity (Wildman–Crippen MR) is 107 cm³/mol. The highest BCUT2D eigenvalue weighted by molar-refractivity contribution is 6.26. The molecule has 1 heterocycles. The van der Waals surface area contributed by atoms with Crippen molar-refractivity contribution in [2.45, 2.75) is 20.0 Å². The van der Waals surface area contributed by atoms with Crippen molar-refractivity contribution in [2.75, 3.05) is 26.4 Å². The third kappa shape index (κ3) is 4.30. The van der Waals surface area contributed by atoms with Gasteiger partial charge in [0.1, 0.15) is 12.4 Å². The maximum absolute atomic E-state index is 12.9. The lowest BCUT2D eigenvalue weighted by atomic mass is 9.93. The molecule has 0 bridgehead atoms. The number of benzene rings is 2. The van der Waals surface area contributed by atoms with Gasteiger partial charge in [-0.1, -0.05) is 18.7 Å². The van der Waals surface area contributed by atoms with Gasteiger partial charge in [0.15, 0.2) is 0 Å². The van der Waals surface area contributed by atoms with Gasteiger partial charge in [-0.3, -0.25) is 14.5 Å². The largest absolute Gasteiger partial charge is 0.490 e. The van der Waals surface area contributed by atoms with Crippen LogP contribution in [0.15, 0.2) is 43.0 Å². The highest BCUT2D eigenvalue weighted by atomic mass is 16.6. The smallest absolute Gasteiger partial charge is 0.330 e. The van der Waals surface area contributed by atoms with Crippen molar-refractivity contribution >= 4 is 28.6 Å². The summed E-state index contributed by atoms with van der Waals surface area (Å²) in [5, 5.41) is 1.37. The van der Waals surface area contributed by atoms with Crippen molar-refractivity contribution in [1.82, 2.24) is 4.90 Å². The first-order chi connectivity index (χ1) is 13.9. The van der Waals surface area contributed by atoms with Gasteiger partial charge in [0.25, 0.3) is 11.8 Å². The molecule has 0 aliphatic carbocycles. The summed E-state index contributed by atoms with van der Waals surface area (Å²) < 4.78 is 16.0. The molecular formula is C22H23NO6. The molecule has 0 spiro atoms. The number of carbonyl (C=O) groups is 3. The number of amides is 2. The van der Waals surface area contributed by atoms with Crippen molar-refractivity contribution in [3.63, 3.8) is 0 Å². The van der Waals surface area contributed by atoms with Crippen molar-refractivity contribution in [2.24, 2.45) is 0 Å². The third-order valence-corrected chi connectivity index (χ3v) is 4.41. The Morgan fingerprint density at radius 2 is 1.79 bits per heavy atom. The molecule has 0 atom stereocenters. The van der Waals surface area contributed by atoms with E-state index in [4.69, 9.17) is 14.2 Å². The van der Waals surface area contributed by atoms with Crippen molar-refractivity contribution in [3.8, 4) is 5.75 Å². The molecule has 7 nitrogen and oxygen atoms in total. The second kappa shape index (κ2) is 8.87. The Morgan fingerprint density at radius 3 is 2.48 bits per heavy atom. The van der Waals surface area contributed by atoms with Gasteiger partial charge in [-0.15, -0.1) is 0 Å². The monoisotopic (exact) mass is 397 g/mol. The van der Waals surface area contributed by atoms with Gasteiger partial charge in [0.05, 0.1) is 25.9 Å².